The standard InChI is InChI=1S/C26H30N6O2/c1-33-23-9-3-18(15-27-23)17-2-8-22-21(14-17)24-25(28-16-29-26(24)31-22)30-19-4-6-20(7-5-19)32-10-12-34-13-11-32/h2-3,8-9,14-16,19-20H,4-7,10-13H2,1H3,(H2,28,29,30,31)/t19-,20-. The van der Waals surface area contributed by atoms with Gasteiger partial charge in [0.25, 0.3) is 0 Å². The third-order valence-corrected chi connectivity index (χ3v) is 7.27. The zero-order valence-electron chi connectivity index (χ0n) is 19.5. The van der Waals surface area contributed by atoms with Gasteiger partial charge < -0.3 is 19.8 Å². The number of pyridine rings is 1. The van der Waals surface area contributed by atoms with Crippen LogP contribution in [0.2, 0.25) is 0 Å². The molecule has 1 aliphatic heterocycles. The summed E-state index contributed by atoms with van der Waals surface area (Å²) in [6.45, 7) is 3.87. The van der Waals surface area contributed by atoms with E-state index in [2.05, 4.69) is 48.4 Å². The molecular weight excluding hydrogens is 428 g/mol. The van der Waals surface area contributed by atoms with E-state index in [9.17, 15) is 0 Å². The molecule has 34 heavy (non-hydrogen) atoms. The molecule has 1 saturated carbocycles. The normalized spacial score (nSPS) is 21.7. The Labute approximate surface area is 198 Å². The van der Waals surface area contributed by atoms with E-state index in [1.54, 1.807) is 13.4 Å². The van der Waals surface area contributed by atoms with Crippen LogP contribution in [0, 0.1) is 0 Å². The summed E-state index contributed by atoms with van der Waals surface area (Å²) in [6.07, 6.45) is 8.23. The summed E-state index contributed by atoms with van der Waals surface area (Å²) in [4.78, 5) is 19.6. The van der Waals surface area contributed by atoms with Crippen molar-refractivity contribution in [3.63, 3.8) is 0 Å². The number of rotatable bonds is 5. The molecule has 0 unspecified atom stereocenters. The highest BCUT2D eigenvalue weighted by Crippen LogP contribution is 2.34. The molecule has 2 fully saturated rings. The van der Waals surface area contributed by atoms with E-state index in [0.717, 1.165) is 78.0 Å². The van der Waals surface area contributed by atoms with Crippen LogP contribution in [-0.2, 0) is 4.74 Å². The largest absolute Gasteiger partial charge is 0.481 e. The van der Waals surface area contributed by atoms with Crippen molar-refractivity contribution in [2.45, 2.75) is 37.8 Å². The molecule has 8 nitrogen and oxygen atoms in total. The minimum absolute atomic E-state index is 0.425. The molecule has 3 aromatic heterocycles. The third kappa shape index (κ3) is 4.08. The number of morpholine rings is 1. The smallest absolute Gasteiger partial charge is 0.212 e. The summed E-state index contributed by atoms with van der Waals surface area (Å²) >= 11 is 0. The van der Waals surface area contributed by atoms with Gasteiger partial charge in [-0.3, -0.25) is 4.90 Å². The molecule has 0 amide bonds. The van der Waals surface area contributed by atoms with Gasteiger partial charge in [0, 0.05) is 53.9 Å². The van der Waals surface area contributed by atoms with Crippen molar-refractivity contribution < 1.29 is 9.47 Å². The van der Waals surface area contributed by atoms with Gasteiger partial charge in [-0.15, -0.1) is 0 Å². The predicted octanol–water partition coefficient (Wildman–Crippen LogP) is 4.24. The maximum absolute atomic E-state index is 5.53. The molecule has 4 heterocycles. The first-order chi connectivity index (χ1) is 16.8. The Balaban J connectivity index is 1.26. The van der Waals surface area contributed by atoms with E-state index in [1.807, 2.05) is 18.3 Å². The van der Waals surface area contributed by atoms with E-state index < -0.39 is 0 Å². The molecule has 0 spiro atoms. The lowest BCUT2D eigenvalue weighted by atomic mass is 9.90. The molecule has 1 aliphatic carbocycles. The van der Waals surface area contributed by atoms with Crippen molar-refractivity contribution in [1.82, 2.24) is 24.8 Å². The zero-order chi connectivity index (χ0) is 22.9. The van der Waals surface area contributed by atoms with Crippen molar-refractivity contribution >= 4 is 27.8 Å². The van der Waals surface area contributed by atoms with Gasteiger partial charge in [0.1, 0.15) is 17.8 Å². The molecule has 0 radical (unpaired) electrons. The summed E-state index contributed by atoms with van der Waals surface area (Å²) in [5.74, 6) is 1.52. The van der Waals surface area contributed by atoms with Crippen molar-refractivity contribution in [3.8, 4) is 17.0 Å². The number of methoxy groups -OCH3 is 1. The molecule has 1 aromatic carbocycles. The predicted molar refractivity (Wildman–Crippen MR) is 133 cm³/mol. The van der Waals surface area contributed by atoms with Gasteiger partial charge in [-0.1, -0.05) is 6.07 Å². The number of nitrogens with zero attached hydrogens (tertiary/aromatic N) is 4. The van der Waals surface area contributed by atoms with Crippen molar-refractivity contribution in [3.05, 3.63) is 42.9 Å². The second kappa shape index (κ2) is 9.19. The Morgan fingerprint density at radius 3 is 2.59 bits per heavy atom. The van der Waals surface area contributed by atoms with Crippen LogP contribution in [0.3, 0.4) is 0 Å². The molecule has 4 aromatic rings. The molecule has 2 aliphatic rings. The number of ether oxygens (including phenoxy) is 2. The summed E-state index contributed by atoms with van der Waals surface area (Å²) in [5.41, 5.74) is 4.06. The molecule has 176 valence electrons. The maximum atomic E-state index is 5.53. The number of aromatic amines is 1. The SMILES string of the molecule is COc1ccc(-c2ccc3[nH]c4ncnc(N[C@H]5CC[C@H](N6CCOCC6)CC5)c4c3c2)cn1. The molecule has 1 saturated heterocycles. The maximum Gasteiger partial charge on any atom is 0.212 e. The van der Waals surface area contributed by atoms with Crippen LogP contribution >= 0.6 is 0 Å². The number of hydrogen-bond donors (Lipinski definition) is 2. The molecule has 6 rings (SSSR count). The molecule has 8 heteroatoms. The number of nitrogens with one attached hydrogen (secondary N) is 2. The fourth-order valence-corrected chi connectivity index (χ4v) is 5.41. The highest BCUT2D eigenvalue weighted by Gasteiger charge is 2.27. The Morgan fingerprint density at radius 2 is 1.82 bits per heavy atom. The summed E-state index contributed by atoms with van der Waals surface area (Å²) in [6, 6.07) is 11.4. The quantitative estimate of drug-likeness (QED) is 0.462. The fraction of sp³-hybridized carbons (Fsp3) is 0.423. The van der Waals surface area contributed by atoms with Gasteiger partial charge in [0.15, 0.2) is 0 Å². The summed E-state index contributed by atoms with van der Waals surface area (Å²) in [7, 11) is 1.63. The van der Waals surface area contributed by atoms with Gasteiger partial charge in [-0.25, -0.2) is 15.0 Å². The van der Waals surface area contributed by atoms with Crippen LogP contribution in [0.25, 0.3) is 33.1 Å². The number of aromatic nitrogens is 4. The lowest BCUT2D eigenvalue weighted by Gasteiger charge is -2.39. The minimum atomic E-state index is 0.425. The van der Waals surface area contributed by atoms with Crippen LogP contribution in [-0.4, -0.2) is 70.3 Å². The van der Waals surface area contributed by atoms with Gasteiger partial charge >= 0.3 is 0 Å². The van der Waals surface area contributed by atoms with Crippen molar-refractivity contribution in [1.29, 1.82) is 0 Å². The van der Waals surface area contributed by atoms with Crippen molar-refractivity contribution in [2.24, 2.45) is 0 Å². The van der Waals surface area contributed by atoms with E-state index in [-0.39, 0.29) is 0 Å². The number of fused-ring (bicyclic) bond motifs is 3. The van der Waals surface area contributed by atoms with Gasteiger partial charge in [-0.2, -0.15) is 0 Å². The molecule has 0 atom stereocenters. The van der Waals surface area contributed by atoms with E-state index in [4.69, 9.17) is 9.47 Å². The third-order valence-electron chi connectivity index (χ3n) is 7.27. The van der Waals surface area contributed by atoms with Crippen molar-refractivity contribution in [2.75, 3.05) is 38.7 Å². The lowest BCUT2D eigenvalue weighted by molar-refractivity contribution is 0.00791. The Hall–Kier alpha value is -3.23. The fourth-order valence-electron chi connectivity index (χ4n) is 5.41. The lowest BCUT2D eigenvalue weighted by Crippen LogP contribution is -2.46. The average Bonchev–Trinajstić information content (AvgIpc) is 3.28. The van der Waals surface area contributed by atoms with E-state index in [0.29, 0.717) is 18.0 Å². The van der Waals surface area contributed by atoms with Crippen LogP contribution in [0.15, 0.2) is 42.9 Å². The first kappa shape index (κ1) is 21.3. The summed E-state index contributed by atoms with van der Waals surface area (Å²) < 4.78 is 10.7. The highest BCUT2D eigenvalue weighted by atomic mass is 16.5. The minimum Gasteiger partial charge on any atom is -0.481 e. The number of H-pyrrole nitrogens is 1. The number of anilines is 1. The average molecular weight is 459 g/mol. The molecular formula is C26H30N6O2. The van der Waals surface area contributed by atoms with E-state index in [1.165, 1.54) is 12.8 Å². The first-order valence-electron chi connectivity index (χ1n) is 12.1. The monoisotopic (exact) mass is 458 g/mol. The second-order valence-electron chi connectivity index (χ2n) is 9.22. The first-order valence-corrected chi connectivity index (χ1v) is 12.1. The van der Waals surface area contributed by atoms with Gasteiger partial charge in [0.2, 0.25) is 5.88 Å². The van der Waals surface area contributed by atoms with Crippen LogP contribution in [0.5, 0.6) is 5.88 Å². The van der Waals surface area contributed by atoms with Crippen LogP contribution < -0.4 is 10.1 Å². The highest BCUT2D eigenvalue weighted by molar-refractivity contribution is 6.12. The zero-order valence-corrected chi connectivity index (χ0v) is 19.5. The number of hydrogen-bond acceptors (Lipinski definition) is 7. The number of benzene rings is 1. The van der Waals surface area contributed by atoms with E-state index >= 15 is 0 Å². The van der Waals surface area contributed by atoms with Gasteiger partial charge in [0.05, 0.1) is 25.7 Å². The Kier molecular flexibility index (Phi) is 5.76. The molecule has 0 bridgehead atoms. The second-order valence-corrected chi connectivity index (χ2v) is 9.22. The Bertz CT molecular complexity index is 1270. The Morgan fingerprint density at radius 1 is 1.00 bits per heavy atom. The van der Waals surface area contributed by atoms with Gasteiger partial charge in [-0.05, 0) is 49.4 Å². The topological polar surface area (TPSA) is 88.2 Å². The molecule has 2 N–H and O–H groups in total. The van der Waals surface area contributed by atoms with Crippen LogP contribution in [0.1, 0.15) is 25.7 Å². The van der Waals surface area contributed by atoms with Crippen LogP contribution in [0.4, 0.5) is 5.82 Å². The summed E-state index contributed by atoms with van der Waals surface area (Å²) in [5, 5.41) is 5.93.